The zero-order chi connectivity index (χ0) is 17.8. The van der Waals surface area contributed by atoms with Gasteiger partial charge in [-0.15, -0.1) is 0 Å². The van der Waals surface area contributed by atoms with Crippen LogP contribution in [-0.4, -0.2) is 49.6 Å². The van der Waals surface area contributed by atoms with Gasteiger partial charge in [-0.25, -0.2) is 0 Å². The zero-order valence-corrected chi connectivity index (χ0v) is 16.0. The fourth-order valence-corrected chi connectivity index (χ4v) is 5.11. The van der Waals surface area contributed by atoms with E-state index in [1.165, 1.54) is 44.1 Å². The highest BCUT2D eigenvalue weighted by atomic mass is 16.2. The highest BCUT2D eigenvalue weighted by Gasteiger charge is 2.28. The van der Waals surface area contributed by atoms with Gasteiger partial charge < -0.3 is 10.2 Å². The Hall–Kier alpha value is -1.39. The SMILES string of the molecule is O=C1CCc2ccccc2N1CCN1CCNCC1CC1CCCCC1. The van der Waals surface area contributed by atoms with Crippen molar-refractivity contribution in [1.82, 2.24) is 10.2 Å². The minimum atomic E-state index is 0.294. The van der Waals surface area contributed by atoms with Crippen molar-refractivity contribution in [3.63, 3.8) is 0 Å². The maximum Gasteiger partial charge on any atom is 0.227 e. The minimum absolute atomic E-state index is 0.294. The summed E-state index contributed by atoms with van der Waals surface area (Å²) in [6.45, 7) is 5.13. The van der Waals surface area contributed by atoms with Crippen LogP contribution >= 0.6 is 0 Å². The molecule has 0 radical (unpaired) electrons. The third-order valence-electron chi connectivity index (χ3n) is 6.60. The van der Waals surface area contributed by atoms with Crippen LogP contribution < -0.4 is 10.2 Å². The smallest absolute Gasteiger partial charge is 0.227 e. The summed E-state index contributed by atoms with van der Waals surface area (Å²) < 4.78 is 0. The number of rotatable bonds is 5. The zero-order valence-electron chi connectivity index (χ0n) is 16.0. The summed E-state index contributed by atoms with van der Waals surface area (Å²) in [5.74, 6) is 1.20. The van der Waals surface area contributed by atoms with Gasteiger partial charge in [0.05, 0.1) is 0 Å². The Morgan fingerprint density at radius 3 is 2.77 bits per heavy atom. The van der Waals surface area contributed by atoms with Crippen molar-refractivity contribution in [3.05, 3.63) is 29.8 Å². The highest BCUT2D eigenvalue weighted by molar-refractivity contribution is 5.96. The lowest BCUT2D eigenvalue weighted by atomic mass is 9.84. The molecule has 1 amide bonds. The second-order valence-electron chi connectivity index (χ2n) is 8.31. The summed E-state index contributed by atoms with van der Waals surface area (Å²) in [4.78, 5) is 17.2. The van der Waals surface area contributed by atoms with E-state index in [1.807, 2.05) is 4.90 Å². The van der Waals surface area contributed by atoms with E-state index in [4.69, 9.17) is 0 Å². The maximum absolute atomic E-state index is 12.5. The number of carbonyl (C=O) groups is 1. The van der Waals surface area contributed by atoms with E-state index in [0.717, 1.165) is 50.7 Å². The van der Waals surface area contributed by atoms with Crippen LogP contribution in [0.5, 0.6) is 0 Å². The normalized spacial score (nSPS) is 25.3. The molecule has 1 aromatic carbocycles. The van der Waals surface area contributed by atoms with Gasteiger partial charge >= 0.3 is 0 Å². The van der Waals surface area contributed by atoms with E-state index in [1.54, 1.807) is 0 Å². The van der Waals surface area contributed by atoms with Gasteiger partial charge in [0, 0.05) is 50.9 Å². The Kier molecular flexibility index (Phi) is 5.91. The average Bonchev–Trinajstić information content (AvgIpc) is 2.69. The quantitative estimate of drug-likeness (QED) is 0.881. The number of nitrogens with one attached hydrogen (secondary N) is 1. The number of hydrogen-bond donors (Lipinski definition) is 1. The highest BCUT2D eigenvalue weighted by Crippen LogP contribution is 2.30. The van der Waals surface area contributed by atoms with E-state index >= 15 is 0 Å². The monoisotopic (exact) mass is 355 g/mol. The van der Waals surface area contributed by atoms with E-state index in [9.17, 15) is 4.79 Å². The summed E-state index contributed by atoms with van der Waals surface area (Å²) in [5, 5.41) is 3.59. The summed E-state index contributed by atoms with van der Waals surface area (Å²) in [7, 11) is 0. The van der Waals surface area contributed by atoms with Crippen LogP contribution in [0.4, 0.5) is 5.69 Å². The Morgan fingerprint density at radius 1 is 1.04 bits per heavy atom. The number of piperazine rings is 1. The molecule has 1 saturated carbocycles. The molecule has 2 aliphatic heterocycles. The van der Waals surface area contributed by atoms with Crippen molar-refractivity contribution in [2.75, 3.05) is 37.6 Å². The molecular weight excluding hydrogens is 322 g/mol. The van der Waals surface area contributed by atoms with Crippen molar-refractivity contribution in [1.29, 1.82) is 0 Å². The number of carbonyl (C=O) groups excluding carboxylic acids is 1. The first-order valence-corrected chi connectivity index (χ1v) is 10.6. The lowest BCUT2D eigenvalue weighted by molar-refractivity contribution is -0.119. The van der Waals surface area contributed by atoms with Gasteiger partial charge in [-0.3, -0.25) is 9.69 Å². The predicted molar refractivity (Wildman–Crippen MR) is 107 cm³/mol. The molecule has 4 heteroatoms. The molecule has 2 fully saturated rings. The second-order valence-corrected chi connectivity index (χ2v) is 8.31. The van der Waals surface area contributed by atoms with Gasteiger partial charge in [-0.1, -0.05) is 50.3 Å². The number of aryl methyl sites for hydroxylation is 1. The lowest BCUT2D eigenvalue weighted by Crippen LogP contribution is -2.54. The molecule has 4 rings (SSSR count). The molecule has 142 valence electrons. The lowest BCUT2D eigenvalue weighted by Gasteiger charge is -2.40. The van der Waals surface area contributed by atoms with Crippen molar-refractivity contribution in [2.45, 2.75) is 57.4 Å². The molecule has 1 unspecified atom stereocenters. The minimum Gasteiger partial charge on any atom is -0.314 e. The molecule has 4 nitrogen and oxygen atoms in total. The maximum atomic E-state index is 12.5. The number of anilines is 1. The van der Waals surface area contributed by atoms with E-state index in [2.05, 4.69) is 34.5 Å². The first kappa shape index (κ1) is 18.0. The number of benzene rings is 1. The van der Waals surface area contributed by atoms with Crippen LogP contribution in [0.25, 0.3) is 0 Å². The summed E-state index contributed by atoms with van der Waals surface area (Å²) >= 11 is 0. The van der Waals surface area contributed by atoms with Crippen molar-refractivity contribution in [3.8, 4) is 0 Å². The van der Waals surface area contributed by atoms with Crippen molar-refractivity contribution < 1.29 is 4.79 Å². The van der Waals surface area contributed by atoms with Crippen LogP contribution in [0.2, 0.25) is 0 Å². The van der Waals surface area contributed by atoms with Gasteiger partial charge in [-0.2, -0.15) is 0 Å². The van der Waals surface area contributed by atoms with Crippen LogP contribution in [0, 0.1) is 5.92 Å². The molecule has 1 aromatic rings. The standard InChI is InChI=1S/C22H33N3O/c26-22-11-10-19-8-4-5-9-21(19)25(22)15-14-24-13-12-23-17-20(24)16-18-6-2-1-3-7-18/h4-5,8-9,18,20,23H,1-3,6-7,10-17H2. The van der Waals surface area contributed by atoms with Crippen molar-refractivity contribution in [2.24, 2.45) is 5.92 Å². The van der Waals surface area contributed by atoms with E-state index in [-0.39, 0.29) is 0 Å². The summed E-state index contributed by atoms with van der Waals surface area (Å²) in [5.41, 5.74) is 2.47. The van der Waals surface area contributed by atoms with Crippen LogP contribution in [0.1, 0.15) is 50.5 Å². The molecule has 1 N–H and O–H groups in total. The molecule has 1 atom stereocenters. The second kappa shape index (κ2) is 8.53. The van der Waals surface area contributed by atoms with E-state index in [0.29, 0.717) is 18.4 Å². The largest absolute Gasteiger partial charge is 0.314 e. The van der Waals surface area contributed by atoms with Gasteiger partial charge in [0.15, 0.2) is 0 Å². The van der Waals surface area contributed by atoms with Crippen LogP contribution in [-0.2, 0) is 11.2 Å². The summed E-state index contributed by atoms with van der Waals surface area (Å²) in [6, 6.07) is 9.07. The third kappa shape index (κ3) is 4.12. The Labute approximate surface area is 157 Å². The molecule has 1 saturated heterocycles. The third-order valence-corrected chi connectivity index (χ3v) is 6.60. The topological polar surface area (TPSA) is 35.6 Å². The molecule has 0 bridgehead atoms. The number of nitrogens with zero attached hydrogens (tertiary/aromatic N) is 2. The Bertz CT molecular complexity index is 611. The fraction of sp³-hybridized carbons (Fsp3) is 0.682. The van der Waals surface area contributed by atoms with Gasteiger partial charge in [0.2, 0.25) is 5.91 Å². The molecular formula is C22H33N3O. The van der Waals surface area contributed by atoms with Gasteiger partial charge in [-0.05, 0) is 30.4 Å². The molecule has 1 aliphatic carbocycles. The Morgan fingerprint density at radius 2 is 1.88 bits per heavy atom. The molecule has 2 heterocycles. The molecule has 0 aromatic heterocycles. The fourth-order valence-electron chi connectivity index (χ4n) is 5.11. The average molecular weight is 356 g/mol. The predicted octanol–water partition coefficient (Wildman–Crippen LogP) is 3.21. The number of amides is 1. The number of para-hydroxylation sites is 1. The van der Waals surface area contributed by atoms with Gasteiger partial charge in [0.1, 0.15) is 0 Å². The number of hydrogen-bond acceptors (Lipinski definition) is 3. The molecule has 0 spiro atoms. The van der Waals surface area contributed by atoms with Crippen LogP contribution in [0.15, 0.2) is 24.3 Å². The van der Waals surface area contributed by atoms with Crippen LogP contribution in [0.3, 0.4) is 0 Å². The summed E-state index contributed by atoms with van der Waals surface area (Å²) in [6.07, 6.45) is 9.99. The molecule has 26 heavy (non-hydrogen) atoms. The van der Waals surface area contributed by atoms with Crippen molar-refractivity contribution >= 4 is 11.6 Å². The first-order valence-electron chi connectivity index (χ1n) is 10.6. The first-order chi connectivity index (χ1) is 12.8. The molecule has 3 aliphatic rings. The van der Waals surface area contributed by atoms with Gasteiger partial charge in [0.25, 0.3) is 0 Å². The number of fused-ring (bicyclic) bond motifs is 1. The Balaban J connectivity index is 1.38. The van der Waals surface area contributed by atoms with E-state index < -0.39 is 0 Å².